The first-order valence-corrected chi connectivity index (χ1v) is 8.13. The van der Waals surface area contributed by atoms with E-state index in [1.165, 1.54) is 0 Å². The quantitative estimate of drug-likeness (QED) is 0.621. The van der Waals surface area contributed by atoms with Gasteiger partial charge in [0.1, 0.15) is 11.8 Å². The van der Waals surface area contributed by atoms with E-state index >= 15 is 0 Å². The zero-order chi connectivity index (χ0) is 18.1. The van der Waals surface area contributed by atoms with Gasteiger partial charge in [-0.05, 0) is 30.0 Å². The fraction of sp³-hybridized carbons (Fsp3) is 0.250. The molecule has 128 valence electrons. The van der Waals surface area contributed by atoms with Gasteiger partial charge in [-0.1, -0.05) is 56.3 Å². The van der Waals surface area contributed by atoms with Crippen LogP contribution >= 0.6 is 0 Å². The maximum absolute atomic E-state index is 12.0. The monoisotopic (exact) mass is 335 g/mol. The highest BCUT2D eigenvalue weighted by atomic mass is 16.5. The molecule has 0 unspecified atom stereocenters. The molecule has 1 N–H and O–H groups in total. The summed E-state index contributed by atoms with van der Waals surface area (Å²) < 4.78 is 5.41. The van der Waals surface area contributed by atoms with Crippen molar-refractivity contribution in [3.8, 4) is 11.8 Å². The molecule has 5 nitrogen and oxygen atoms in total. The van der Waals surface area contributed by atoms with Crippen LogP contribution in [0.3, 0.4) is 0 Å². The van der Waals surface area contributed by atoms with Gasteiger partial charge in [-0.3, -0.25) is 4.79 Å². The minimum Gasteiger partial charge on any atom is -0.482 e. The van der Waals surface area contributed by atoms with Crippen LogP contribution in [0, 0.1) is 17.2 Å². The van der Waals surface area contributed by atoms with Crippen LogP contribution in [0.1, 0.15) is 31.4 Å². The van der Waals surface area contributed by atoms with E-state index in [2.05, 4.69) is 24.4 Å². The van der Waals surface area contributed by atoms with E-state index in [0.717, 1.165) is 17.7 Å². The van der Waals surface area contributed by atoms with Crippen LogP contribution in [0.15, 0.2) is 59.7 Å². The fourth-order valence-electron chi connectivity index (χ4n) is 2.24. The van der Waals surface area contributed by atoms with Crippen LogP contribution in [0.5, 0.6) is 5.75 Å². The van der Waals surface area contributed by atoms with Crippen LogP contribution in [0.25, 0.3) is 0 Å². The van der Waals surface area contributed by atoms with E-state index in [0.29, 0.717) is 17.2 Å². The third-order valence-electron chi connectivity index (χ3n) is 3.39. The Hall–Kier alpha value is -3.13. The average molecular weight is 335 g/mol. The highest BCUT2D eigenvalue weighted by Gasteiger charge is 2.09. The molecule has 25 heavy (non-hydrogen) atoms. The Morgan fingerprint density at radius 3 is 2.52 bits per heavy atom. The summed E-state index contributed by atoms with van der Waals surface area (Å²) in [7, 11) is 0. The Labute approximate surface area is 147 Å². The van der Waals surface area contributed by atoms with Crippen LogP contribution in [0.4, 0.5) is 0 Å². The van der Waals surface area contributed by atoms with E-state index in [4.69, 9.17) is 10.00 Å². The summed E-state index contributed by atoms with van der Waals surface area (Å²) in [5.74, 6) is 0.425. The molecule has 0 aliphatic rings. The molecule has 2 aromatic carbocycles. The van der Waals surface area contributed by atoms with Crippen molar-refractivity contribution in [1.29, 1.82) is 5.26 Å². The van der Waals surface area contributed by atoms with Gasteiger partial charge in [-0.2, -0.15) is 10.4 Å². The fourth-order valence-corrected chi connectivity index (χ4v) is 2.24. The minimum absolute atomic E-state index is 0.202. The Morgan fingerprint density at radius 2 is 1.84 bits per heavy atom. The molecule has 2 aromatic rings. The van der Waals surface area contributed by atoms with E-state index in [1.807, 2.05) is 36.4 Å². The highest BCUT2D eigenvalue weighted by Crippen LogP contribution is 2.16. The molecule has 0 aliphatic heterocycles. The van der Waals surface area contributed by atoms with Crippen molar-refractivity contribution in [2.45, 2.75) is 20.3 Å². The molecule has 2 rings (SSSR count). The molecule has 0 saturated heterocycles. The lowest BCUT2D eigenvalue weighted by Crippen LogP contribution is -2.26. The number of amides is 1. The number of hydrogen-bond acceptors (Lipinski definition) is 4. The molecule has 0 atom stereocenters. The van der Waals surface area contributed by atoms with Gasteiger partial charge in [-0.15, -0.1) is 0 Å². The number of nitriles is 1. The molecule has 0 aromatic heterocycles. The first-order valence-electron chi connectivity index (χ1n) is 8.13. The maximum atomic E-state index is 12.0. The van der Waals surface area contributed by atoms with Gasteiger partial charge < -0.3 is 4.74 Å². The van der Waals surface area contributed by atoms with Crippen LogP contribution in [-0.2, 0) is 4.79 Å². The molecule has 0 saturated carbocycles. The van der Waals surface area contributed by atoms with Crippen molar-refractivity contribution in [1.82, 2.24) is 5.43 Å². The van der Waals surface area contributed by atoms with Gasteiger partial charge in [-0.25, -0.2) is 5.43 Å². The molecule has 0 aliphatic carbocycles. The molecule has 0 heterocycles. The zero-order valence-corrected chi connectivity index (χ0v) is 14.4. The topological polar surface area (TPSA) is 74.5 Å². The van der Waals surface area contributed by atoms with Crippen molar-refractivity contribution in [3.63, 3.8) is 0 Å². The third kappa shape index (κ3) is 5.78. The number of carbonyl (C=O) groups excluding carboxylic acids is 1. The first-order chi connectivity index (χ1) is 12.1. The van der Waals surface area contributed by atoms with Crippen LogP contribution in [0.2, 0.25) is 0 Å². The number of hydrazone groups is 1. The number of nitrogens with one attached hydrogen (secondary N) is 1. The number of ether oxygens (including phenoxy) is 1. The summed E-state index contributed by atoms with van der Waals surface area (Å²) in [6, 6.07) is 18.6. The van der Waals surface area contributed by atoms with Crippen molar-refractivity contribution in [2.24, 2.45) is 11.0 Å². The Morgan fingerprint density at radius 1 is 1.16 bits per heavy atom. The minimum atomic E-state index is -0.370. The van der Waals surface area contributed by atoms with E-state index in [-0.39, 0.29) is 12.5 Å². The molecule has 5 heteroatoms. The molecule has 0 radical (unpaired) electrons. The van der Waals surface area contributed by atoms with Gasteiger partial charge in [0.2, 0.25) is 0 Å². The van der Waals surface area contributed by atoms with Crippen LogP contribution < -0.4 is 10.2 Å². The second kappa shape index (κ2) is 9.24. The van der Waals surface area contributed by atoms with E-state index in [9.17, 15) is 4.79 Å². The molecular weight excluding hydrogens is 314 g/mol. The number of hydrogen-bond donors (Lipinski definition) is 1. The third-order valence-corrected chi connectivity index (χ3v) is 3.39. The average Bonchev–Trinajstić information content (AvgIpc) is 2.64. The Bertz CT molecular complexity index is 777. The normalized spacial score (nSPS) is 11.0. The number of carbonyl (C=O) groups is 1. The summed E-state index contributed by atoms with van der Waals surface area (Å²) >= 11 is 0. The van der Waals surface area contributed by atoms with Gasteiger partial charge in [0.15, 0.2) is 6.61 Å². The number of benzene rings is 2. The summed E-state index contributed by atoms with van der Waals surface area (Å²) in [6.45, 7) is 4.00. The highest BCUT2D eigenvalue weighted by molar-refractivity contribution is 6.01. The van der Waals surface area contributed by atoms with Gasteiger partial charge in [0.05, 0.1) is 11.3 Å². The summed E-state index contributed by atoms with van der Waals surface area (Å²) in [5, 5.41) is 13.3. The first kappa shape index (κ1) is 18.2. The molecule has 1 amide bonds. The lowest BCUT2D eigenvalue weighted by atomic mass is 10.0. The summed E-state index contributed by atoms with van der Waals surface area (Å²) in [6.07, 6.45) is 0.752. The van der Waals surface area contributed by atoms with Crippen molar-refractivity contribution in [3.05, 3.63) is 65.7 Å². The van der Waals surface area contributed by atoms with Gasteiger partial charge in [0.25, 0.3) is 5.91 Å². The van der Waals surface area contributed by atoms with Crippen molar-refractivity contribution < 1.29 is 9.53 Å². The van der Waals surface area contributed by atoms with E-state index in [1.54, 1.807) is 24.3 Å². The smallest absolute Gasteiger partial charge is 0.277 e. The zero-order valence-electron chi connectivity index (χ0n) is 14.4. The molecule has 0 spiro atoms. The van der Waals surface area contributed by atoms with E-state index < -0.39 is 0 Å². The maximum Gasteiger partial charge on any atom is 0.277 e. The number of nitrogens with zero attached hydrogens (tertiary/aromatic N) is 2. The predicted molar refractivity (Wildman–Crippen MR) is 97.2 cm³/mol. The second-order valence-electron chi connectivity index (χ2n) is 5.95. The summed E-state index contributed by atoms with van der Waals surface area (Å²) in [4.78, 5) is 12.0. The number of rotatable bonds is 7. The molecule has 0 fully saturated rings. The van der Waals surface area contributed by atoms with Gasteiger partial charge in [0, 0.05) is 0 Å². The van der Waals surface area contributed by atoms with Crippen molar-refractivity contribution >= 4 is 11.6 Å². The van der Waals surface area contributed by atoms with Gasteiger partial charge >= 0.3 is 0 Å². The second-order valence-corrected chi connectivity index (χ2v) is 5.95. The Kier molecular flexibility index (Phi) is 6.73. The largest absolute Gasteiger partial charge is 0.482 e. The van der Waals surface area contributed by atoms with Crippen LogP contribution in [-0.4, -0.2) is 18.2 Å². The lowest BCUT2D eigenvalue weighted by Gasteiger charge is -2.10. The number of para-hydroxylation sites is 1. The molecular formula is C20H21N3O2. The predicted octanol–water partition coefficient (Wildman–Crippen LogP) is 3.50. The lowest BCUT2D eigenvalue weighted by molar-refractivity contribution is -0.123. The molecule has 0 bridgehead atoms. The standard InChI is InChI=1S/C20H21N3O2/c1-15(2)12-18(16-8-4-3-5-9-16)22-23-20(24)14-25-19-11-7-6-10-17(19)13-21/h3-11,15H,12,14H2,1-2H3,(H,23,24)/b22-18-. The summed E-state index contributed by atoms with van der Waals surface area (Å²) in [5.41, 5.74) is 4.73. The SMILES string of the molecule is CC(C)C/C(=N/NC(=O)COc1ccccc1C#N)c1ccccc1. The Balaban J connectivity index is 2.00. The van der Waals surface area contributed by atoms with Crippen molar-refractivity contribution in [2.75, 3.05) is 6.61 Å².